The Balaban J connectivity index is 1.86. The summed E-state index contributed by atoms with van der Waals surface area (Å²) in [5, 5.41) is 17.2. The summed E-state index contributed by atoms with van der Waals surface area (Å²) in [6.07, 6.45) is 2.03. The lowest BCUT2D eigenvalue weighted by molar-refractivity contribution is -0.144. The predicted molar refractivity (Wildman–Crippen MR) is 205 cm³/mol. The Bertz CT molecular complexity index is 1330. The van der Waals surface area contributed by atoms with E-state index in [1.807, 2.05) is 56.5 Å². The van der Waals surface area contributed by atoms with Gasteiger partial charge < -0.3 is 35.6 Å². The first kappa shape index (κ1) is 41.6. The third kappa shape index (κ3) is 11.3. The summed E-state index contributed by atoms with van der Waals surface area (Å²) < 4.78 is 0. The molecule has 5 N–H and O–H groups in total. The van der Waals surface area contributed by atoms with Crippen LogP contribution < -0.4 is 31.5 Å². The molecule has 3 heterocycles. The molecule has 2 aliphatic rings. The predicted octanol–water partition coefficient (Wildman–Crippen LogP) is 2.60. The van der Waals surface area contributed by atoms with Gasteiger partial charge in [0.05, 0.1) is 22.2 Å². The second-order valence-electron chi connectivity index (χ2n) is 18.3. The molecule has 0 bridgehead atoms. The van der Waals surface area contributed by atoms with Gasteiger partial charge in [-0.2, -0.15) is 15.0 Å². The van der Waals surface area contributed by atoms with Gasteiger partial charge in [0.15, 0.2) is 0 Å². The Labute approximate surface area is 302 Å². The highest BCUT2D eigenvalue weighted by molar-refractivity contribution is 5.87. The van der Waals surface area contributed by atoms with E-state index < -0.39 is 22.2 Å². The van der Waals surface area contributed by atoms with E-state index in [0.29, 0.717) is 50.6 Å². The molecule has 1 aromatic heterocycles. The van der Waals surface area contributed by atoms with Crippen LogP contribution in [0.5, 0.6) is 0 Å². The fraction of sp³-hybridized carbons (Fsp3) is 0.861. The van der Waals surface area contributed by atoms with E-state index in [1.165, 1.54) is 0 Å². The molecule has 2 amide bonds. The van der Waals surface area contributed by atoms with E-state index in [1.54, 1.807) is 0 Å². The number of piperazine rings is 2. The lowest BCUT2D eigenvalue weighted by Gasteiger charge is -2.50. The minimum atomic E-state index is -0.666. The Kier molecular flexibility index (Phi) is 12.8. The zero-order valence-corrected chi connectivity index (χ0v) is 34.0. The van der Waals surface area contributed by atoms with Gasteiger partial charge in [0.2, 0.25) is 29.7 Å². The van der Waals surface area contributed by atoms with Crippen LogP contribution in [0.4, 0.5) is 17.8 Å². The Hall–Kier alpha value is -2.81. The molecular formula is C36H70N12O2. The van der Waals surface area contributed by atoms with Gasteiger partial charge in [-0.3, -0.25) is 20.2 Å². The zero-order chi connectivity index (χ0) is 37.9. The number of rotatable bonds is 17. The molecule has 3 rings (SSSR count). The minimum absolute atomic E-state index is 0.0663. The van der Waals surface area contributed by atoms with Crippen molar-refractivity contribution in [1.29, 1.82) is 0 Å². The van der Waals surface area contributed by atoms with E-state index in [-0.39, 0.29) is 22.9 Å². The number of hydrogen-bond acceptors (Lipinski definition) is 12. The van der Waals surface area contributed by atoms with Gasteiger partial charge in [-0.15, -0.1) is 0 Å². The number of nitrogens with one attached hydrogen (secondary N) is 5. The summed E-state index contributed by atoms with van der Waals surface area (Å²) in [7, 11) is 6.10. The lowest BCUT2D eigenvalue weighted by atomic mass is 9.89. The Morgan fingerprint density at radius 3 is 1.74 bits per heavy atom. The molecule has 14 nitrogen and oxygen atoms in total. The maximum Gasteiger partial charge on any atom is 0.242 e. The molecule has 0 radical (unpaired) electrons. The van der Waals surface area contributed by atoms with E-state index in [0.717, 1.165) is 32.5 Å². The van der Waals surface area contributed by atoms with Crippen molar-refractivity contribution in [2.45, 2.75) is 129 Å². The fourth-order valence-electron chi connectivity index (χ4n) is 7.52. The normalized spacial score (nSPS) is 20.3. The highest BCUT2D eigenvalue weighted by Gasteiger charge is 2.46. The molecule has 2 saturated heterocycles. The van der Waals surface area contributed by atoms with Crippen LogP contribution in [0.15, 0.2) is 0 Å². The summed E-state index contributed by atoms with van der Waals surface area (Å²) in [6, 6.07) is 0. The van der Waals surface area contributed by atoms with Crippen molar-refractivity contribution in [3.63, 3.8) is 0 Å². The summed E-state index contributed by atoms with van der Waals surface area (Å²) >= 11 is 0. The summed E-state index contributed by atoms with van der Waals surface area (Å²) in [5.74, 6) is 1.55. The van der Waals surface area contributed by atoms with Crippen LogP contribution in [0.2, 0.25) is 0 Å². The number of nitrogens with zero attached hydrogens (tertiary/aromatic N) is 7. The van der Waals surface area contributed by atoms with Gasteiger partial charge in [0.1, 0.15) is 0 Å². The number of aromatic nitrogens is 3. The molecule has 2 aliphatic heterocycles. The SMILES string of the molecule is CNCCCN(C)CCCNc1nc(NC(C)(C)CN2CC(C)(C)NC(C)(C)C2=O)nc(N(C)C(C)(C)CN2CC(C)(C)NC(C)(C)C2=O)n1. The topological polar surface area (TPSA) is 146 Å². The average Bonchev–Trinajstić information content (AvgIpc) is 2.94. The Morgan fingerprint density at radius 2 is 1.22 bits per heavy atom. The van der Waals surface area contributed by atoms with Crippen LogP contribution in [0.25, 0.3) is 0 Å². The van der Waals surface area contributed by atoms with E-state index >= 15 is 0 Å². The van der Waals surface area contributed by atoms with Gasteiger partial charge in [-0.25, -0.2) is 0 Å². The van der Waals surface area contributed by atoms with Gasteiger partial charge in [0.25, 0.3) is 0 Å². The quantitative estimate of drug-likeness (QED) is 0.152. The van der Waals surface area contributed by atoms with Crippen molar-refractivity contribution in [1.82, 2.24) is 45.6 Å². The first-order valence-electron chi connectivity index (χ1n) is 18.3. The second kappa shape index (κ2) is 15.4. The monoisotopic (exact) mass is 703 g/mol. The first-order valence-corrected chi connectivity index (χ1v) is 18.3. The molecule has 0 unspecified atom stereocenters. The zero-order valence-electron chi connectivity index (χ0n) is 34.0. The van der Waals surface area contributed by atoms with Crippen LogP contribution in [0.3, 0.4) is 0 Å². The second-order valence-corrected chi connectivity index (χ2v) is 18.3. The maximum atomic E-state index is 13.5. The van der Waals surface area contributed by atoms with Crippen molar-refractivity contribution < 1.29 is 9.59 Å². The van der Waals surface area contributed by atoms with Crippen molar-refractivity contribution in [2.24, 2.45) is 0 Å². The molecule has 0 aromatic carbocycles. The number of amides is 2. The standard InChI is InChI=1S/C36H70N12O2/c1-31(2,22-47-23-32(3,4)43-35(9,10)26(47)49)42-29-39-28(38-19-17-21-45(14)20-16-18-37-13)40-30(41-29)46(15)34(7,8)25-48-24-33(5,6)44-36(11,12)27(48)50/h37,43-44H,16-25H2,1-15H3,(H2,38,39,40,41,42). The summed E-state index contributed by atoms with van der Waals surface area (Å²) in [4.78, 5) is 49.8. The third-order valence-electron chi connectivity index (χ3n) is 9.53. The molecule has 0 atom stereocenters. The number of hydrogen-bond donors (Lipinski definition) is 5. The van der Waals surface area contributed by atoms with Gasteiger partial charge in [-0.1, -0.05) is 0 Å². The number of likely N-dealkylation sites (N-methyl/N-ethyl adjacent to an activating group) is 1. The van der Waals surface area contributed by atoms with Gasteiger partial charge in [0, 0.05) is 50.8 Å². The van der Waals surface area contributed by atoms with Crippen molar-refractivity contribution in [3.05, 3.63) is 0 Å². The van der Waals surface area contributed by atoms with Crippen LogP contribution in [-0.2, 0) is 9.59 Å². The number of anilines is 3. The van der Waals surface area contributed by atoms with E-state index in [4.69, 9.17) is 15.0 Å². The smallest absolute Gasteiger partial charge is 0.242 e. The maximum absolute atomic E-state index is 13.5. The number of carbonyl (C=O) groups is 2. The molecule has 0 saturated carbocycles. The molecule has 286 valence electrons. The van der Waals surface area contributed by atoms with Gasteiger partial charge >= 0.3 is 0 Å². The molecule has 2 fully saturated rings. The highest BCUT2D eigenvalue weighted by Crippen LogP contribution is 2.29. The molecule has 0 spiro atoms. The highest BCUT2D eigenvalue weighted by atomic mass is 16.2. The molecular weight excluding hydrogens is 632 g/mol. The van der Waals surface area contributed by atoms with Crippen LogP contribution >= 0.6 is 0 Å². The van der Waals surface area contributed by atoms with Crippen LogP contribution in [0.1, 0.15) is 95.9 Å². The lowest BCUT2D eigenvalue weighted by Crippen LogP contribution is -2.71. The van der Waals surface area contributed by atoms with Crippen LogP contribution in [-0.4, -0.2) is 148 Å². The first-order chi connectivity index (χ1) is 22.8. The largest absolute Gasteiger partial charge is 0.354 e. The Morgan fingerprint density at radius 1 is 0.740 bits per heavy atom. The van der Waals surface area contributed by atoms with Gasteiger partial charge in [-0.05, 0) is 130 Å². The van der Waals surface area contributed by atoms with Crippen LogP contribution in [0, 0.1) is 0 Å². The molecule has 14 heteroatoms. The summed E-state index contributed by atoms with van der Waals surface area (Å²) in [5.41, 5.74) is -2.84. The average molecular weight is 703 g/mol. The van der Waals surface area contributed by atoms with E-state index in [9.17, 15) is 9.59 Å². The summed E-state index contributed by atoms with van der Waals surface area (Å²) in [6.45, 7) is 30.5. The third-order valence-corrected chi connectivity index (χ3v) is 9.53. The molecule has 50 heavy (non-hydrogen) atoms. The van der Waals surface area contributed by atoms with Crippen molar-refractivity contribution in [2.75, 3.05) is 89.0 Å². The molecule has 0 aliphatic carbocycles. The van der Waals surface area contributed by atoms with Crippen molar-refractivity contribution in [3.8, 4) is 0 Å². The number of carbonyl (C=O) groups excluding carboxylic acids is 2. The molecule has 1 aromatic rings. The van der Waals surface area contributed by atoms with Crippen molar-refractivity contribution >= 4 is 29.7 Å². The minimum Gasteiger partial charge on any atom is -0.354 e. The fourth-order valence-corrected chi connectivity index (χ4v) is 7.52. The van der Waals surface area contributed by atoms with E-state index in [2.05, 4.69) is 93.9 Å².